The summed E-state index contributed by atoms with van der Waals surface area (Å²) >= 11 is 0. The van der Waals surface area contributed by atoms with E-state index in [2.05, 4.69) is 16.4 Å². The van der Waals surface area contributed by atoms with Crippen LogP contribution in [0.3, 0.4) is 0 Å². The van der Waals surface area contributed by atoms with Gasteiger partial charge in [-0.05, 0) is 52.4 Å². The van der Waals surface area contributed by atoms with Crippen LogP contribution in [0.5, 0.6) is 5.75 Å². The Labute approximate surface area is 138 Å². The van der Waals surface area contributed by atoms with E-state index in [1.807, 2.05) is 18.2 Å². The highest BCUT2D eigenvalue weighted by Crippen LogP contribution is 2.29. The number of aryl methyl sites for hydroxylation is 1. The van der Waals surface area contributed by atoms with Crippen molar-refractivity contribution in [3.63, 3.8) is 0 Å². The van der Waals surface area contributed by atoms with Crippen LogP contribution in [0, 0.1) is 10.1 Å². The summed E-state index contributed by atoms with van der Waals surface area (Å²) in [7, 11) is 0. The molecular weight excluding hydrogens is 310 g/mol. The Morgan fingerprint density at radius 3 is 3.00 bits per heavy atom. The molecule has 1 aromatic carbocycles. The standard InChI is InChI=1S/C17H17N3O4/c21-16(11-24-15-9-4-10-18-17(15)20(22)23)19-14-8-3-6-12-5-1-2-7-13(12)14/h1-2,4-5,7,9-10,14H,3,6,8,11H2,(H,19,21)/t14-/m0/s1. The molecule has 3 rings (SSSR count). The molecule has 0 radical (unpaired) electrons. The average molecular weight is 327 g/mol. The summed E-state index contributed by atoms with van der Waals surface area (Å²) in [6, 6.07) is 10.9. The number of ether oxygens (including phenoxy) is 1. The highest BCUT2D eigenvalue weighted by molar-refractivity contribution is 5.78. The summed E-state index contributed by atoms with van der Waals surface area (Å²) in [5.74, 6) is -0.718. The maximum atomic E-state index is 12.1. The molecule has 0 bridgehead atoms. The van der Waals surface area contributed by atoms with E-state index in [1.165, 1.54) is 23.9 Å². The molecule has 1 aliphatic carbocycles. The summed E-state index contributed by atoms with van der Waals surface area (Å²) in [4.78, 5) is 26.0. The van der Waals surface area contributed by atoms with E-state index in [0.29, 0.717) is 0 Å². The van der Waals surface area contributed by atoms with Gasteiger partial charge in [-0.2, -0.15) is 0 Å². The van der Waals surface area contributed by atoms with Crippen molar-refractivity contribution < 1.29 is 14.5 Å². The van der Waals surface area contributed by atoms with Gasteiger partial charge in [0.15, 0.2) is 6.61 Å². The Morgan fingerprint density at radius 1 is 1.33 bits per heavy atom. The molecule has 1 N–H and O–H groups in total. The fourth-order valence-corrected chi connectivity index (χ4v) is 2.92. The van der Waals surface area contributed by atoms with Crippen molar-refractivity contribution in [1.82, 2.24) is 10.3 Å². The Bertz CT molecular complexity index is 763. The third kappa shape index (κ3) is 3.51. The smallest absolute Gasteiger partial charge is 0.406 e. The molecule has 7 heteroatoms. The SMILES string of the molecule is O=C(COc1cccnc1[N+](=O)[O-])N[C@H]1CCCc2ccccc21. The summed E-state index contributed by atoms with van der Waals surface area (Å²) < 4.78 is 5.27. The number of nitrogens with zero attached hydrogens (tertiary/aromatic N) is 2. The van der Waals surface area contributed by atoms with E-state index in [0.717, 1.165) is 24.8 Å². The number of fused-ring (bicyclic) bond motifs is 1. The zero-order valence-corrected chi connectivity index (χ0v) is 13.0. The molecule has 0 unspecified atom stereocenters. The summed E-state index contributed by atoms with van der Waals surface area (Å²) in [6.45, 7) is -0.287. The van der Waals surface area contributed by atoms with E-state index in [-0.39, 0.29) is 24.3 Å². The lowest BCUT2D eigenvalue weighted by atomic mass is 9.88. The van der Waals surface area contributed by atoms with Crippen LogP contribution >= 0.6 is 0 Å². The van der Waals surface area contributed by atoms with Crippen LogP contribution in [0.25, 0.3) is 0 Å². The number of carbonyl (C=O) groups is 1. The fraction of sp³-hybridized carbons (Fsp3) is 0.294. The quantitative estimate of drug-likeness (QED) is 0.673. The van der Waals surface area contributed by atoms with Crippen molar-refractivity contribution in [1.29, 1.82) is 0 Å². The number of benzene rings is 1. The van der Waals surface area contributed by atoms with Crippen LogP contribution in [0.15, 0.2) is 42.6 Å². The van der Waals surface area contributed by atoms with Crippen LogP contribution in [-0.4, -0.2) is 22.4 Å². The van der Waals surface area contributed by atoms with Gasteiger partial charge in [0.2, 0.25) is 5.75 Å². The van der Waals surface area contributed by atoms with E-state index in [4.69, 9.17) is 4.74 Å². The molecule has 0 spiro atoms. The van der Waals surface area contributed by atoms with E-state index >= 15 is 0 Å². The maximum absolute atomic E-state index is 12.1. The molecule has 1 amide bonds. The second kappa shape index (κ2) is 7.08. The summed E-state index contributed by atoms with van der Waals surface area (Å²) in [5, 5.41) is 13.8. The van der Waals surface area contributed by atoms with Gasteiger partial charge in [-0.1, -0.05) is 24.3 Å². The van der Waals surface area contributed by atoms with Crippen molar-refractivity contribution >= 4 is 11.7 Å². The van der Waals surface area contributed by atoms with Crippen LogP contribution in [-0.2, 0) is 11.2 Å². The Morgan fingerprint density at radius 2 is 2.17 bits per heavy atom. The minimum Gasteiger partial charge on any atom is -0.476 e. The minimum absolute atomic E-state index is 0.0123. The lowest BCUT2D eigenvalue weighted by Crippen LogP contribution is -2.34. The molecule has 24 heavy (non-hydrogen) atoms. The number of carbonyl (C=O) groups excluding carboxylic acids is 1. The highest BCUT2D eigenvalue weighted by atomic mass is 16.6. The fourth-order valence-electron chi connectivity index (χ4n) is 2.92. The Hall–Kier alpha value is -2.96. The van der Waals surface area contributed by atoms with E-state index in [9.17, 15) is 14.9 Å². The molecule has 124 valence electrons. The summed E-state index contributed by atoms with van der Waals surface area (Å²) in [5.41, 5.74) is 2.38. The molecule has 7 nitrogen and oxygen atoms in total. The predicted molar refractivity (Wildman–Crippen MR) is 86.7 cm³/mol. The van der Waals surface area contributed by atoms with Gasteiger partial charge in [0.1, 0.15) is 6.20 Å². The molecule has 0 fully saturated rings. The van der Waals surface area contributed by atoms with Crippen molar-refractivity contribution in [3.05, 3.63) is 63.8 Å². The van der Waals surface area contributed by atoms with Crippen molar-refractivity contribution in [2.45, 2.75) is 25.3 Å². The molecule has 0 saturated heterocycles. The number of aromatic nitrogens is 1. The number of nitrogens with one attached hydrogen (secondary N) is 1. The van der Waals surface area contributed by atoms with Crippen LogP contribution in [0.1, 0.15) is 30.0 Å². The third-order valence-electron chi connectivity index (χ3n) is 3.99. The first-order valence-electron chi connectivity index (χ1n) is 7.74. The van der Waals surface area contributed by atoms with Crippen LogP contribution < -0.4 is 10.1 Å². The van der Waals surface area contributed by atoms with Gasteiger partial charge in [0, 0.05) is 0 Å². The molecule has 0 saturated carbocycles. The second-order valence-corrected chi connectivity index (χ2v) is 5.58. The number of rotatable bonds is 5. The maximum Gasteiger partial charge on any atom is 0.406 e. The molecule has 1 aromatic heterocycles. The number of nitro groups is 1. The molecule has 2 aromatic rings. The molecule has 1 heterocycles. The number of hydrogen-bond donors (Lipinski definition) is 1. The summed E-state index contributed by atoms with van der Waals surface area (Å²) in [6.07, 6.45) is 4.21. The monoisotopic (exact) mass is 327 g/mol. The normalized spacial score (nSPS) is 16.1. The first-order chi connectivity index (χ1) is 11.6. The first kappa shape index (κ1) is 15.9. The van der Waals surface area contributed by atoms with Gasteiger partial charge in [0.25, 0.3) is 5.91 Å². The zero-order valence-electron chi connectivity index (χ0n) is 13.0. The number of amides is 1. The van der Waals surface area contributed by atoms with Crippen LogP contribution in [0.2, 0.25) is 0 Å². The largest absolute Gasteiger partial charge is 0.476 e. The van der Waals surface area contributed by atoms with Crippen molar-refractivity contribution in [3.8, 4) is 5.75 Å². The number of hydrogen-bond acceptors (Lipinski definition) is 5. The second-order valence-electron chi connectivity index (χ2n) is 5.58. The molecule has 1 aliphatic rings. The minimum atomic E-state index is -0.634. The third-order valence-corrected chi connectivity index (χ3v) is 3.99. The lowest BCUT2D eigenvalue weighted by Gasteiger charge is -2.26. The predicted octanol–water partition coefficient (Wildman–Crippen LogP) is 2.56. The van der Waals surface area contributed by atoms with Gasteiger partial charge in [-0.3, -0.25) is 4.79 Å². The Balaban J connectivity index is 1.62. The van der Waals surface area contributed by atoms with Crippen LogP contribution in [0.4, 0.5) is 5.82 Å². The first-order valence-corrected chi connectivity index (χ1v) is 7.74. The topological polar surface area (TPSA) is 94.4 Å². The Kier molecular flexibility index (Phi) is 4.69. The zero-order chi connectivity index (χ0) is 16.9. The van der Waals surface area contributed by atoms with E-state index < -0.39 is 10.7 Å². The van der Waals surface area contributed by atoms with E-state index in [1.54, 1.807) is 0 Å². The molecular formula is C17H17N3O4. The molecule has 1 atom stereocenters. The van der Waals surface area contributed by atoms with Gasteiger partial charge >= 0.3 is 5.82 Å². The number of pyridine rings is 1. The average Bonchev–Trinajstić information content (AvgIpc) is 2.60. The highest BCUT2D eigenvalue weighted by Gasteiger charge is 2.22. The van der Waals surface area contributed by atoms with Gasteiger partial charge in [0.05, 0.1) is 6.04 Å². The van der Waals surface area contributed by atoms with Gasteiger partial charge in [-0.25, -0.2) is 0 Å². The lowest BCUT2D eigenvalue weighted by molar-refractivity contribution is -0.390. The van der Waals surface area contributed by atoms with Crippen molar-refractivity contribution in [2.24, 2.45) is 0 Å². The van der Waals surface area contributed by atoms with Gasteiger partial charge in [-0.15, -0.1) is 0 Å². The van der Waals surface area contributed by atoms with Gasteiger partial charge < -0.3 is 20.2 Å². The van der Waals surface area contributed by atoms with Crippen molar-refractivity contribution in [2.75, 3.05) is 6.61 Å². The molecule has 0 aliphatic heterocycles.